The monoisotopic (exact) mass is 332 g/mol. The number of hydrogen-bond donors (Lipinski definition) is 2. The van der Waals surface area contributed by atoms with Crippen LogP contribution in [0, 0.1) is 0 Å². The van der Waals surface area contributed by atoms with Crippen LogP contribution in [0.1, 0.15) is 27.7 Å². The van der Waals surface area contributed by atoms with Gasteiger partial charge in [-0.05, 0) is 0 Å². The molecule has 0 radical (unpaired) electrons. The van der Waals surface area contributed by atoms with Gasteiger partial charge < -0.3 is 19.3 Å². The molecule has 1 heterocycles. The van der Waals surface area contributed by atoms with Crippen molar-refractivity contribution in [3.05, 3.63) is 0 Å². The molecule has 0 atom stereocenters. The molecule has 6 nitrogen and oxygen atoms in total. The summed E-state index contributed by atoms with van der Waals surface area (Å²) in [5, 5.41) is 8.37. The van der Waals surface area contributed by atoms with E-state index in [1.54, 1.807) is 13.8 Å². The fourth-order valence-electron chi connectivity index (χ4n) is 0.837. The predicted molar refractivity (Wildman–Crippen MR) is 83.5 cm³/mol. The molecule has 0 aromatic rings. The van der Waals surface area contributed by atoms with Crippen molar-refractivity contribution in [2.45, 2.75) is 27.7 Å². The van der Waals surface area contributed by atoms with Crippen molar-refractivity contribution in [1.82, 2.24) is 0 Å². The van der Waals surface area contributed by atoms with Crippen LogP contribution >= 0.6 is 14.7 Å². The molecule has 1 rings (SSSR count). The lowest BCUT2D eigenvalue weighted by Gasteiger charge is -2.13. The minimum Gasteiger partial charge on any atom is -0.394 e. The summed E-state index contributed by atoms with van der Waals surface area (Å²) < 4.78 is 31.4. The number of aliphatic hydroxyl groups excluding tert-OH is 1. The maximum atomic E-state index is 11.4. The molecule has 1 saturated heterocycles. The van der Waals surface area contributed by atoms with Gasteiger partial charge in [0.2, 0.25) is 7.37 Å². The minimum atomic E-state index is -2.65. The molecule has 8 heteroatoms. The molecule has 1 aliphatic rings. The maximum Gasteiger partial charge on any atom is 0.202 e. The quantitative estimate of drug-likeness (QED) is 0.549. The normalized spacial score (nSPS) is 13.7. The Morgan fingerprint density at radius 3 is 1.55 bits per heavy atom. The third-order valence-corrected chi connectivity index (χ3v) is 7.13. The van der Waals surface area contributed by atoms with Gasteiger partial charge >= 0.3 is 0 Å². The number of epoxide rings is 1. The summed E-state index contributed by atoms with van der Waals surface area (Å²) in [7, 11) is -5.01. The van der Waals surface area contributed by atoms with Crippen LogP contribution in [0.2, 0.25) is 0 Å². The first-order valence-electron chi connectivity index (χ1n) is 7.02. The lowest BCUT2D eigenvalue weighted by Crippen LogP contribution is -2.00. The van der Waals surface area contributed by atoms with Gasteiger partial charge in [-0.25, -0.2) is 0 Å². The summed E-state index contributed by atoms with van der Waals surface area (Å²) in [5.41, 5.74) is 0. The number of ether oxygens (including phenoxy) is 1. The van der Waals surface area contributed by atoms with Crippen LogP contribution in [0.15, 0.2) is 0 Å². The Hall–Kier alpha value is 0.300. The van der Waals surface area contributed by atoms with E-state index in [-0.39, 0.29) is 13.2 Å². The molecule has 1 aliphatic heterocycles. The van der Waals surface area contributed by atoms with Gasteiger partial charge in [-0.15, -0.1) is 0 Å². The van der Waals surface area contributed by atoms with E-state index in [2.05, 4.69) is 4.74 Å². The summed E-state index contributed by atoms with van der Waals surface area (Å²) in [4.78, 5) is 8.69. The Labute approximate surface area is 122 Å². The first kappa shape index (κ1) is 22.6. The summed E-state index contributed by atoms with van der Waals surface area (Å²) >= 11 is 0. The molecular weight excluding hydrogens is 302 g/mol. The molecular formula is C12H30O6P2. The van der Waals surface area contributed by atoms with E-state index >= 15 is 0 Å². The Morgan fingerprint density at radius 1 is 1.00 bits per heavy atom. The third kappa shape index (κ3) is 16.4. The molecule has 124 valence electrons. The molecule has 0 saturated carbocycles. The molecule has 2 N–H and O–H groups in total. The van der Waals surface area contributed by atoms with E-state index in [0.29, 0.717) is 24.6 Å². The van der Waals surface area contributed by atoms with Gasteiger partial charge in [-0.2, -0.15) is 0 Å². The summed E-state index contributed by atoms with van der Waals surface area (Å²) in [6.45, 7) is 9.26. The summed E-state index contributed by atoms with van der Waals surface area (Å²) in [6, 6.07) is 0. The zero-order valence-corrected chi connectivity index (χ0v) is 14.9. The van der Waals surface area contributed by atoms with Crippen molar-refractivity contribution in [3.63, 3.8) is 0 Å². The molecule has 1 fully saturated rings. The fraction of sp³-hybridized carbons (Fsp3) is 1.00. The van der Waals surface area contributed by atoms with Crippen LogP contribution in [0.4, 0.5) is 0 Å². The molecule has 0 bridgehead atoms. The van der Waals surface area contributed by atoms with E-state index < -0.39 is 14.7 Å². The zero-order chi connectivity index (χ0) is 16.1. The topological polar surface area (TPSA) is 96.4 Å². The average Bonchev–Trinajstić information content (AvgIpc) is 3.34. The minimum absolute atomic E-state index is 0.0516. The van der Waals surface area contributed by atoms with Crippen molar-refractivity contribution in [1.29, 1.82) is 0 Å². The number of aliphatic hydroxyl groups is 1. The zero-order valence-electron chi connectivity index (χ0n) is 13.1. The lowest BCUT2D eigenvalue weighted by atomic mass is 10.8. The van der Waals surface area contributed by atoms with Crippen LogP contribution in [-0.2, 0) is 18.4 Å². The van der Waals surface area contributed by atoms with E-state index in [4.69, 9.17) is 14.5 Å². The van der Waals surface area contributed by atoms with Crippen molar-refractivity contribution < 1.29 is 28.4 Å². The molecule has 0 aliphatic carbocycles. The Balaban J connectivity index is 0. The van der Waals surface area contributed by atoms with Crippen LogP contribution in [0.5, 0.6) is 0 Å². The molecule has 0 unspecified atom stereocenters. The number of rotatable bonds is 7. The van der Waals surface area contributed by atoms with Crippen molar-refractivity contribution >= 4 is 14.7 Å². The molecule has 0 aromatic carbocycles. The van der Waals surface area contributed by atoms with Crippen LogP contribution in [0.25, 0.3) is 0 Å². The highest BCUT2D eigenvalue weighted by atomic mass is 31.2. The lowest BCUT2D eigenvalue weighted by molar-refractivity contribution is 0.203. The second-order valence-corrected chi connectivity index (χ2v) is 10.2. The molecule has 0 amide bonds. The van der Waals surface area contributed by atoms with Gasteiger partial charge in [0.1, 0.15) is 0 Å². The molecule has 20 heavy (non-hydrogen) atoms. The maximum absolute atomic E-state index is 11.4. The number of hydrogen-bond acceptors (Lipinski definition) is 5. The molecule has 0 aromatic heterocycles. The van der Waals surface area contributed by atoms with E-state index in [9.17, 15) is 9.13 Å². The van der Waals surface area contributed by atoms with Crippen LogP contribution < -0.4 is 0 Å². The second-order valence-electron chi connectivity index (χ2n) is 4.09. The van der Waals surface area contributed by atoms with Crippen LogP contribution in [0.3, 0.4) is 0 Å². The standard InChI is InChI=1S/C6H15O3P.C4H11O2P.C2H4O/c1-3-10(8,4-2)9-6-5-7;1-3-7(5,6)4-2;1-2-3-1/h7H,3-6H2,1-2H3;3-4H2,1-2H3,(H,5,6);1-2H2. The van der Waals surface area contributed by atoms with Gasteiger partial charge in [-0.1, -0.05) is 27.7 Å². The van der Waals surface area contributed by atoms with E-state index in [1.165, 1.54) is 0 Å². The van der Waals surface area contributed by atoms with Gasteiger partial charge in [0.25, 0.3) is 0 Å². The predicted octanol–water partition coefficient (Wildman–Crippen LogP) is 2.63. The third-order valence-electron chi connectivity index (χ3n) is 2.57. The highest BCUT2D eigenvalue weighted by Gasteiger charge is 2.16. The second kappa shape index (κ2) is 13.0. The van der Waals surface area contributed by atoms with Crippen molar-refractivity contribution in [3.8, 4) is 0 Å². The molecule has 0 spiro atoms. The first-order valence-corrected chi connectivity index (χ1v) is 11.0. The SMILES string of the molecule is C1CO1.CCP(=O)(CC)OCCO.CCP(=O)(O)CC. The summed E-state index contributed by atoms with van der Waals surface area (Å²) in [5.74, 6) is 0. The van der Waals surface area contributed by atoms with Crippen LogP contribution in [-0.4, -0.2) is 61.1 Å². The summed E-state index contributed by atoms with van der Waals surface area (Å²) in [6.07, 6.45) is 1.93. The highest BCUT2D eigenvalue weighted by Crippen LogP contribution is 2.45. The smallest absolute Gasteiger partial charge is 0.202 e. The van der Waals surface area contributed by atoms with Crippen molar-refractivity contribution in [2.75, 3.05) is 51.1 Å². The van der Waals surface area contributed by atoms with Gasteiger partial charge in [-0.3, -0.25) is 9.13 Å². The average molecular weight is 332 g/mol. The fourth-order valence-corrected chi connectivity index (χ4v) is 2.51. The van der Waals surface area contributed by atoms with Crippen molar-refractivity contribution in [2.24, 2.45) is 0 Å². The Morgan fingerprint density at radius 2 is 1.40 bits per heavy atom. The largest absolute Gasteiger partial charge is 0.394 e. The highest BCUT2D eigenvalue weighted by molar-refractivity contribution is 7.58. The van der Waals surface area contributed by atoms with Gasteiger partial charge in [0.05, 0.1) is 26.4 Å². The Bertz CT molecular complexity index is 288. The van der Waals surface area contributed by atoms with E-state index in [0.717, 1.165) is 13.2 Å². The Kier molecular flexibility index (Phi) is 14.7. The van der Waals surface area contributed by atoms with E-state index in [1.807, 2.05) is 13.8 Å². The first-order chi connectivity index (χ1) is 9.30. The van der Waals surface area contributed by atoms with Gasteiger partial charge in [0.15, 0.2) is 7.37 Å². The van der Waals surface area contributed by atoms with Gasteiger partial charge in [0, 0.05) is 24.6 Å².